The van der Waals surface area contributed by atoms with Gasteiger partial charge in [0.15, 0.2) is 5.82 Å². The number of carbonyl (C=O) groups is 1. The Morgan fingerprint density at radius 3 is 2.81 bits per heavy atom. The Morgan fingerprint density at radius 2 is 2.19 bits per heavy atom. The van der Waals surface area contributed by atoms with Gasteiger partial charge < -0.3 is 15.7 Å². The van der Waals surface area contributed by atoms with E-state index in [1.807, 2.05) is 13.0 Å². The zero-order valence-electron chi connectivity index (χ0n) is 8.80. The Balaban J connectivity index is 2.80. The molecule has 84 valence electrons. The summed E-state index contributed by atoms with van der Waals surface area (Å²) in [6.07, 6.45) is 0. The second-order valence-electron chi connectivity index (χ2n) is 3.29. The molecule has 1 heterocycles. The van der Waals surface area contributed by atoms with Crippen LogP contribution in [0.15, 0.2) is 24.3 Å². The van der Waals surface area contributed by atoms with Gasteiger partial charge in [-0.3, -0.25) is 0 Å². The molecule has 0 fully saturated rings. The Kier molecular flexibility index (Phi) is 2.44. The van der Waals surface area contributed by atoms with Crippen LogP contribution in [0.1, 0.15) is 17.3 Å². The lowest BCUT2D eigenvalue weighted by Gasteiger charge is -2.07. The van der Waals surface area contributed by atoms with Gasteiger partial charge in [0.05, 0.1) is 5.52 Å². The van der Waals surface area contributed by atoms with Gasteiger partial charge in [-0.1, -0.05) is 18.2 Å². The van der Waals surface area contributed by atoms with Gasteiger partial charge in [-0.2, -0.15) is 4.73 Å². The van der Waals surface area contributed by atoms with Gasteiger partial charge in [0.1, 0.15) is 12.2 Å². The van der Waals surface area contributed by atoms with Crippen LogP contribution >= 0.6 is 0 Å². The molecule has 5 heteroatoms. The summed E-state index contributed by atoms with van der Waals surface area (Å²) in [5, 5.41) is 9.68. The average molecular weight is 220 g/mol. The number of nitrogen functional groups attached to an aromatic ring is 1. The first-order chi connectivity index (χ1) is 7.66. The maximum atomic E-state index is 11.1. The van der Waals surface area contributed by atoms with Gasteiger partial charge >= 0.3 is 5.97 Å². The van der Waals surface area contributed by atoms with Crippen LogP contribution in [0.3, 0.4) is 0 Å². The number of anilines is 1. The smallest absolute Gasteiger partial charge is 0.340 e. The average Bonchev–Trinajstić information content (AvgIpc) is 2.53. The van der Waals surface area contributed by atoms with Crippen molar-refractivity contribution in [3.05, 3.63) is 29.8 Å². The van der Waals surface area contributed by atoms with E-state index in [4.69, 9.17) is 15.7 Å². The van der Waals surface area contributed by atoms with Crippen LogP contribution in [0.2, 0.25) is 0 Å². The van der Waals surface area contributed by atoms with Gasteiger partial charge in [-0.25, -0.2) is 4.79 Å². The molecule has 2 rings (SSSR count). The van der Waals surface area contributed by atoms with E-state index in [2.05, 4.69) is 0 Å². The first kappa shape index (κ1) is 10.4. The van der Waals surface area contributed by atoms with E-state index in [0.29, 0.717) is 17.5 Å². The van der Waals surface area contributed by atoms with E-state index in [9.17, 15) is 4.79 Å². The lowest BCUT2D eigenvalue weighted by atomic mass is 10.2. The number of benzene rings is 1. The molecule has 0 aliphatic rings. The molecule has 3 N–H and O–H groups in total. The fraction of sp³-hybridized carbons (Fsp3) is 0.182. The highest BCUT2D eigenvalue weighted by Crippen LogP contribution is 2.27. The third-order valence-corrected chi connectivity index (χ3v) is 2.34. The summed E-state index contributed by atoms with van der Waals surface area (Å²) in [4.78, 5) is 16.4. The minimum Gasteiger partial charge on any atom is -0.478 e. The molecule has 0 bridgehead atoms. The molecular weight excluding hydrogens is 208 g/mol. The first-order valence-electron chi connectivity index (χ1n) is 4.92. The SMILES string of the molecule is CCOn1c(N)c(C(=O)O)c2ccccc21. The first-order valence-corrected chi connectivity index (χ1v) is 4.92. The molecule has 2 aromatic rings. The Bertz CT molecular complexity index is 545. The highest BCUT2D eigenvalue weighted by atomic mass is 16.7. The van der Waals surface area contributed by atoms with Crippen LogP contribution in [0.4, 0.5) is 5.82 Å². The van der Waals surface area contributed by atoms with Crippen LogP contribution in [-0.2, 0) is 0 Å². The summed E-state index contributed by atoms with van der Waals surface area (Å²) in [6, 6.07) is 7.06. The van der Waals surface area contributed by atoms with E-state index in [1.165, 1.54) is 4.73 Å². The van der Waals surface area contributed by atoms with Crippen molar-refractivity contribution < 1.29 is 14.7 Å². The second-order valence-corrected chi connectivity index (χ2v) is 3.29. The number of nitrogens with two attached hydrogens (primary N) is 1. The standard InChI is InChI=1S/C11H12N2O3/c1-2-16-13-8-6-4-3-5-7(8)9(10(13)12)11(14)15/h3-6H,2,12H2,1H3,(H,14,15). The number of rotatable bonds is 3. The summed E-state index contributed by atoms with van der Waals surface area (Å²) in [6.45, 7) is 2.23. The summed E-state index contributed by atoms with van der Waals surface area (Å²) < 4.78 is 1.36. The van der Waals surface area contributed by atoms with Gasteiger partial charge in [0.25, 0.3) is 0 Å². The van der Waals surface area contributed by atoms with E-state index >= 15 is 0 Å². The van der Waals surface area contributed by atoms with E-state index in [0.717, 1.165) is 0 Å². The van der Waals surface area contributed by atoms with Crippen molar-refractivity contribution in [2.75, 3.05) is 12.3 Å². The summed E-state index contributed by atoms with van der Waals surface area (Å²) in [5.74, 6) is -0.928. The molecule has 0 unspecified atom stereocenters. The molecule has 0 saturated heterocycles. The molecule has 0 amide bonds. The summed E-state index contributed by atoms with van der Waals surface area (Å²) >= 11 is 0. The van der Waals surface area contributed by atoms with Crippen molar-refractivity contribution in [1.29, 1.82) is 0 Å². The van der Waals surface area contributed by atoms with Gasteiger partial charge in [0, 0.05) is 5.39 Å². The topological polar surface area (TPSA) is 77.5 Å². The Hall–Kier alpha value is -2.17. The number of carboxylic acid groups (broad SMARTS) is 1. The normalized spacial score (nSPS) is 10.6. The minimum atomic E-state index is -1.05. The molecule has 0 spiro atoms. The zero-order valence-corrected chi connectivity index (χ0v) is 8.80. The number of para-hydroxylation sites is 1. The number of fused-ring (bicyclic) bond motifs is 1. The predicted molar refractivity (Wildman–Crippen MR) is 60.4 cm³/mol. The molecular formula is C11H12N2O3. The fourth-order valence-electron chi connectivity index (χ4n) is 1.72. The third-order valence-electron chi connectivity index (χ3n) is 2.34. The maximum Gasteiger partial charge on any atom is 0.340 e. The number of nitrogens with zero attached hydrogens (tertiary/aromatic N) is 1. The molecule has 0 aliphatic carbocycles. The Morgan fingerprint density at radius 1 is 1.50 bits per heavy atom. The van der Waals surface area contributed by atoms with Crippen molar-refractivity contribution in [2.24, 2.45) is 0 Å². The second kappa shape index (κ2) is 3.77. The third kappa shape index (κ3) is 1.37. The quantitative estimate of drug-likeness (QED) is 0.818. The van der Waals surface area contributed by atoms with E-state index in [1.54, 1.807) is 18.2 Å². The molecule has 0 saturated carbocycles. The van der Waals surface area contributed by atoms with Gasteiger partial charge in [-0.15, -0.1) is 0 Å². The largest absolute Gasteiger partial charge is 0.478 e. The van der Waals surface area contributed by atoms with Crippen LogP contribution < -0.4 is 10.6 Å². The predicted octanol–water partition coefficient (Wildman–Crippen LogP) is 1.37. The number of aromatic carboxylic acids is 1. The van der Waals surface area contributed by atoms with Crippen molar-refractivity contribution in [1.82, 2.24) is 4.73 Å². The van der Waals surface area contributed by atoms with E-state index in [-0.39, 0.29) is 11.4 Å². The molecule has 0 atom stereocenters. The highest BCUT2D eigenvalue weighted by molar-refractivity contribution is 6.08. The summed E-state index contributed by atoms with van der Waals surface area (Å²) in [5.41, 5.74) is 6.51. The van der Waals surface area contributed by atoms with Crippen molar-refractivity contribution in [3.63, 3.8) is 0 Å². The molecule has 5 nitrogen and oxygen atoms in total. The number of carboxylic acids is 1. The van der Waals surface area contributed by atoms with Gasteiger partial charge in [0.2, 0.25) is 0 Å². The molecule has 1 aromatic heterocycles. The zero-order chi connectivity index (χ0) is 11.7. The lowest BCUT2D eigenvalue weighted by Crippen LogP contribution is -2.14. The van der Waals surface area contributed by atoms with Crippen molar-refractivity contribution in [3.8, 4) is 0 Å². The highest BCUT2D eigenvalue weighted by Gasteiger charge is 2.20. The molecule has 0 aliphatic heterocycles. The molecule has 1 aromatic carbocycles. The fourth-order valence-corrected chi connectivity index (χ4v) is 1.72. The van der Waals surface area contributed by atoms with E-state index < -0.39 is 5.97 Å². The Labute approximate surface area is 92.0 Å². The van der Waals surface area contributed by atoms with Crippen molar-refractivity contribution in [2.45, 2.75) is 6.92 Å². The summed E-state index contributed by atoms with van der Waals surface area (Å²) in [7, 11) is 0. The minimum absolute atomic E-state index is 0.0871. The van der Waals surface area contributed by atoms with Crippen LogP contribution in [-0.4, -0.2) is 22.4 Å². The molecule has 16 heavy (non-hydrogen) atoms. The van der Waals surface area contributed by atoms with Crippen LogP contribution in [0.5, 0.6) is 0 Å². The molecule has 0 radical (unpaired) electrons. The number of aromatic nitrogens is 1. The number of hydrogen-bond acceptors (Lipinski definition) is 3. The van der Waals surface area contributed by atoms with Crippen LogP contribution in [0, 0.1) is 0 Å². The van der Waals surface area contributed by atoms with Gasteiger partial charge in [-0.05, 0) is 13.0 Å². The monoisotopic (exact) mass is 220 g/mol. The van der Waals surface area contributed by atoms with Crippen LogP contribution in [0.25, 0.3) is 10.9 Å². The maximum absolute atomic E-state index is 11.1. The van der Waals surface area contributed by atoms with Crippen molar-refractivity contribution >= 4 is 22.7 Å². The lowest BCUT2D eigenvalue weighted by molar-refractivity contribution is 0.0697. The number of hydrogen-bond donors (Lipinski definition) is 2.